The zero-order chi connectivity index (χ0) is 16.9. The molecule has 3 aromatic rings. The van der Waals surface area contributed by atoms with Crippen molar-refractivity contribution in [3.05, 3.63) is 54.9 Å². The maximum atomic E-state index is 4.71. The summed E-state index contributed by atoms with van der Waals surface area (Å²) in [6.07, 6.45) is 9.84. The Balaban J connectivity index is 1.72. The van der Waals surface area contributed by atoms with Crippen molar-refractivity contribution in [1.82, 2.24) is 19.9 Å². The number of rotatable bonds is 4. The summed E-state index contributed by atoms with van der Waals surface area (Å²) >= 11 is 0. The minimum absolute atomic E-state index is 0.483. The van der Waals surface area contributed by atoms with Gasteiger partial charge in [-0.15, -0.1) is 0 Å². The van der Waals surface area contributed by atoms with E-state index >= 15 is 0 Å². The van der Waals surface area contributed by atoms with Gasteiger partial charge in [0.15, 0.2) is 5.82 Å². The van der Waals surface area contributed by atoms with Crippen molar-refractivity contribution >= 4 is 5.82 Å². The quantitative estimate of drug-likeness (QED) is 0.770. The van der Waals surface area contributed by atoms with Crippen molar-refractivity contribution in [1.29, 1.82) is 0 Å². The third-order valence-corrected chi connectivity index (χ3v) is 4.50. The van der Waals surface area contributed by atoms with Crippen LogP contribution >= 0.6 is 0 Å². The van der Waals surface area contributed by atoms with Gasteiger partial charge in [-0.3, -0.25) is 9.97 Å². The number of anilines is 1. The summed E-state index contributed by atoms with van der Waals surface area (Å²) in [5.41, 5.74) is 2.43. The lowest BCUT2D eigenvalue weighted by molar-refractivity contribution is 0.462. The van der Waals surface area contributed by atoms with E-state index < -0.39 is 0 Å². The van der Waals surface area contributed by atoms with Crippen molar-refractivity contribution in [2.24, 2.45) is 0 Å². The molecule has 0 atom stereocenters. The second kappa shape index (κ2) is 7.38. The Morgan fingerprint density at radius 2 is 1.48 bits per heavy atom. The largest absolute Gasteiger partial charge is 0.367 e. The Hall–Kier alpha value is -2.82. The average Bonchev–Trinajstić information content (AvgIpc) is 2.70. The van der Waals surface area contributed by atoms with Gasteiger partial charge in [0.2, 0.25) is 0 Å². The maximum Gasteiger partial charge on any atom is 0.180 e. The molecule has 1 N–H and O–H groups in total. The van der Waals surface area contributed by atoms with Gasteiger partial charge in [0.1, 0.15) is 11.5 Å². The zero-order valence-corrected chi connectivity index (χ0v) is 14.1. The van der Waals surface area contributed by atoms with Gasteiger partial charge in [-0.25, -0.2) is 9.97 Å². The van der Waals surface area contributed by atoms with Crippen LogP contribution in [0.3, 0.4) is 0 Å². The lowest BCUT2D eigenvalue weighted by atomic mass is 9.95. The first kappa shape index (κ1) is 15.7. The first-order valence-electron chi connectivity index (χ1n) is 8.87. The van der Waals surface area contributed by atoms with Gasteiger partial charge >= 0.3 is 0 Å². The molecule has 3 heterocycles. The Labute approximate surface area is 147 Å². The van der Waals surface area contributed by atoms with E-state index in [2.05, 4.69) is 15.3 Å². The monoisotopic (exact) mass is 331 g/mol. The van der Waals surface area contributed by atoms with Crippen molar-refractivity contribution in [2.45, 2.75) is 38.1 Å². The summed E-state index contributed by atoms with van der Waals surface area (Å²) in [5.74, 6) is 1.48. The molecule has 25 heavy (non-hydrogen) atoms. The van der Waals surface area contributed by atoms with E-state index in [4.69, 9.17) is 9.97 Å². The van der Waals surface area contributed by atoms with Gasteiger partial charge in [0, 0.05) is 24.5 Å². The minimum Gasteiger partial charge on any atom is -0.367 e. The molecule has 1 fully saturated rings. The number of pyridine rings is 2. The molecule has 0 amide bonds. The average molecular weight is 331 g/mol. The van der Waals surface area contributed by atoms with E-state index in [0.717, 1.165) is 22.9 Å². The number of hydrogen-bond donors (Lipinski definition) is 1. The highest BCUT2D eigenvalue weighted by molar-refractivity contribution is 5.63. The smallest absolute Gasteiger partial charge is 0.180 e. The van der Waals surface area contributed by atoms with Crippen molar-refractivity contribution in [2.75, 3.05) is 5.32 Å². The second-order valence-electron chi connectivity index (χ2n) is 6.37. The van der Waals surface area contributed by atoms with E-state index in [1.165, 1.54) is 32.1 Å². The SMILES string of the molecule is c1ccc(-c2cc(NC3CCCCC3)nc(-c3ccccn3)n2)nc1. The van der Waals surface area contributed by atoms with E-state index in [1.54, 1.807) is 12.4 Å². The molecule has 5 nitrogen and oxygen atoms in total. The highest BCUT2D eigenvalue weighted by Gasteiger charge is 2.16. The standard InChI is InChI=1S/C20H21N5/c1-2-8-15(9-3-1)23-19-14-18(16-10-4-6-12-21-16)24-20(25-19)17-11-5-7-13-22-17/h4-7,10-15H,1-3,8-9H2,(H,23,24,25). The molecule has 0 spiro atoms. The van der Waals surface area contributed by atoms with Crippen LogP contribution in [0, 0.1) is 0 Å². The van der Waals surface area contributed by atoms with Gasteiger partial charge in [-0.2, -0.15) is 0 Å². The van der Waals surface area contributed by atoms with Crippen LogP contribution in [0.5, 0.6) is 0 Å². The molecule has 126 valence electrons. The predicted molar refractivity (Wildman–Crippen MR) is 99.0 cm³/mol. The Kier molecular flexibility index (Phi) is 4.63. The predicted octanol–water partition coefficient (Wildman–Crippen LogP) is 4.35. The van der Waals surface area contributed by atoms with Gasteiger partial charge < -0.3 is 5.32 Å². The summed E-state index contributed by atoms with van der Waals surface area (Å²) in [4.78, 5) is 18.2. The molecule has 0 unspecified atom stereocenters. The number of nitrogens with zero attached hydrogens (tertiary/aromatic N) is 4. The molecule has 3 aromatic heterocycles. The molecule has 0 saturated heterocycles. The highest BCUT2D eigenvalue weighted by atomic mass is 15.1. The molecule has 0 aromatic carbocycles. The topological polar surface area (TPSA) is 63.6 Å². The molecule has 1 aliphatic carbocycles. The van der Waals surface area contributed by atoms with Crippen LogP contribution in [0.15, 0.2) is 54.9 Å². The molecular weight excluding hydrogens is 310 g/mol. The lowest BCUT2D eigenvalue weighted by Crippen LogP contribution is -2.23. The van der Waals surface area contributed by atoms with Crippen LogP contribution in [0.25, 0.3) is 22.9 Å². The third kappa shape index (κ3) is 3.82. The Morgan fingerprint density at radius 3 is 2.16 bits per heavy atom. The molecule has 0 bridgehead atoms. The lowest BCUT2D eigenvalue weighted by Gasteiger charge is -2.23. The summed E-state index contributed by atoms with van der Waals surface area (Å²) in [6.45, 7) is 0. The van der Waals surface area contributed by atoms with Crippen LogP contribution in [-0.2, 0) is 0 Å². The van der Waals surface area contributed by atoms with Gasteiger partial charge in [-0.1, -0.05) is 31.4 Å². The first-order chi connectivity index (χ1) is 12.4. The number of hydrogen-bond acceptors (Lipinski definition) is 5. The zero-order valence-electron chi connectivity index (χ0n) is 14.1. The highest BCUT2D eigenvalue weighted by Crippen LogP contribution is 2.25. The minimum atomic E-state index is 0.483. The van der Waals surface area contributed by atoms with Crippen LogP contribution in [0.1, 0.15) is 32.1 Å². The van der Waals surface area contributed by atoms with Crippen LogP contribution < -0.4 is 5.32 Å². The van der Waals surface area contributed by atoms with Gasteiger partial charge in [-0.05, 0) is 37.1 Å². The van der Waals surface area contributed by atoms with Crippen molar-refractivity contribution < 1.29 is 0 Å². The van der Waals surface area contributed by atoms with Gasteiger partial charge in [0.05, 0.1) is 11.4 Å². The fourth-order valence-electron chi connectivity index (χ4n) is 3.23. The molecular formula is C20H21N5. The van der Waals surface area contributed by atoms with Crippen LogP contribution in [0.2, 0.25) is 0 Å². The Bertz CT molecular complexity index is 756. The normalized spacial score (nSPS) is 15.0. The Morgan fingerprint density at radius 1 is 0.760 bits per heavy atom. The van der Waals surface area contributed by atoms with E-state index in [9.17, 15) is 0 Å². The molecule has 0 radical (unpaired) electrons. The van der Waals surface area contributed by atoms with Crippen LogP contribution in [0.4, 0.5) is 5.82 Å². The molecule has 0 aliphatic heterocycles. The van der Waals surface area contributed by atoms with Crippen molar-refractivity contribution in [3.63, 3.8) is 0 Å². The van der Waals surface area contributed by atoms with Crippen molar-refractivity contribution in [3.8, 4) is 22.9 Å². The summed E-state index contributed by atoms with van der Waals surface area (Å²) < 4.78 is 0. The van der Waals surface area contributed by atoms with Gasteiger partial charge in [0.25, 0.3) is 0 Å². The van der Waals surface area contributed by atoms with E-state index in [1.807, 2.05) is 42.5 Å². The number of aromatic nitrogens is 4. The fraction of sp³-hybridized carbons (Fsp3) is 0.300. The van der Waals surface area contributed by atoms with Crippen LogP contribution in [-0.4, -0.2) is 26.0 Å². The maximum absolute atomic E-state index is 4.71. The summed E-state index contributed by atoms with van der Waals surface area (Å²) in [7, 11) is 0. The van der Waals surface area contributed by atoms with E-state index in [0.29, 0.717) is 11.9 Å². The summed E-state index contributed by atoms with van der Waals surface area (Å²) in [5, 5.41) is 3.59. The molecule has 1 saturated carbocycles. The molecule has 5 heteroatoms. The summed E-state index contributed by atoms with van der Waals surface area (Å²) in [6, 6.07) is 14.1. The molecule has 4 rings (SSSR count). The second-order valence-corrected chi connectivity index (χ2v) is 6.37. The van der Waals surface area contributed by atoms with E-state index in [-0.39, 0.29) is 0 Å². The molecule has 1 aliphatic rings. The number of nitrogens with one attached hydrogen (secondary N) is 1. The third-order valence-electron chi connectivity index (χ3n) is 4.50. The fourth-order valence-corrected chi connectivity index (χ4v) is 3.23. The first-order valence-corrected chi connectivity index (χ1v) is 8.87.